The van der Waals surface area contributed by atoms with Gasteiger partial charge in [0.25, 0.3) is 0 Å². The molecule has 144 valence electrons. The molecule has 0 fully saturated rings. The van der Waals surface area contributed by atoms with Crippen LogP contribution in [-0.4, -0.2) is 16.3 Å². The molecule has 0 aliphatic carbocycles. The van der Waals surface area contributed by atoms with Gasteiger partial charge in [0.15, 0.2) is 0 Å². The largest absolute Gasteiger partial charge is 1.00 e. The first-order chi connectivity index (χ1) is 15.4. The van der Waals surface area contributed by atoms with Crippen molar-refractivity contribution in [1.82, 2.24) is 9.55 Å². The van der Waals surface area contributed by atoms with Crippen molar-refractivity contribution < 1.29 is 18.9 Å². The molecule has 3 aliphatic heterocycles. The van der Waals surface area contributed by atoms with Gasteiger partial charge in [-0.15, -0.1) is 0 Å². The number of benzene rings is 4. The van der Waals surface area contributed by atoms with Crippen molar-refractivity contribution >= 4 is 34.1 Å². The number of imidazole rings is 1. The second-order valence-corrected chi connectivity index (χ2v) is 9.03. The van der Waals surface area contributed by atoms with Crippen LogP contribution in [0.25, 0.3) is 16.7 Å². The Morgan fingerprint density at radius 3 is 2.12 bits per heavy atom. The average molecular weight is 399 g/mol. The van der Waals surface area contributed by atoms with E-state index in [9.17, 15) is 0 Å². The standard InChI is InChI=1S/C28H17BN2.Li/c1-2-10-22(11-3-1)31-16-30-24-15-21-13-19-8-4-6-17-12-18-7-5-9-20-14-23(28(24)31)27(21)29(25(17)19)26(18)20;/h1-10,15H,12-14H2;/q-2;+1. The van der Waals surface area contributed by atoms with Gasteiger partial charge in [0.2, 0.25) is 6.71 Å². The van der Waals surface area contributed by atoms with Gasteiger partial charge < -0.3 is 9.55 Å². The third-order valence-electron chi connectivity index (χ3n) is 7.51. The Hall–Kier alpha value is -2.99. The minimum Gasteiger partial charge on any atom is -0.448 e. The number of hydrogen-bond donors (Lipinski definition) is 0. The van der Waals surface area contributed by atoms with Crippen molar-refractivity contribution in [3.63, 3.8) is 0 Å². The summed E-state index contributed by atoms with van der Waals surface area (Å²) in [6.45, 7) is 0.353. The van der Waals surface area contributed by atoms with Crippen molar-refractivity contribution in [3.05, 3.63) is 113 Å². The van der Waals surface area contributed by atoms with Gasteiger partial charge in [-0.2, -0.15) is 30.0 Å². The molecule has 4 heterocycles. The van der Waals surface area contributed by atoms with Crippen LogP contribution in [0.5, 0.6) is 0 Å². The Bertz CT molecular complexity index is 1550. The molecule has 0 amide bonds. The van der Waals surface area contributed by atoms with E-state index in [2.05, 4.69) is 71.6 Å². The van der Waals surface area contributed by atoms with Crippen LogP contribution in [0.4, 0.5) is 0 Å². The molecule has 0 saturated heterocycles. The van der Waals surface area contributed by atoms with E-state index in [0.717, 1.165) is 30.5 Å². The van der Waals surface area contributed by atoms with Crippen LogP contribution in [0.2, 0.25) is 0 Å². The summed E-state index contributed by atoms with van der Waals surface area (Å²) < 4.78 is 2.12. The maximum absolute atomic E-state index is 4.72. The fourth-order valence-corrected chi connectivity index (χ4v) is 6.38. The molecule has 2 nitrogen and oxygen atoms in total. The van der Waals surface area contributed by atoms with Crippen molar-refractivity contribution in [2.24, 2.45) is 0 Å². The van der Waals surface area contributed by atoms with E-state index in [1.54, 1.807) is 10.9 Å². The first-order valence-corrected chi connectivity index (χ1v) is 11.0. The van der Waals surface area contributed by atoms with Crippen molar-refractivity contribution in [2.75, 3.05) is 0 Å². The van der Waals surface area contributed by atoms with E-state index in [1.807, 2.05) is 12.1 Å². The Kier molecular flexibility index (Phi) is 3.78. The zero-order valence-electron chi connectivity index (χ0n) is 17.9. The maximum Gasteiger partial charge on any atom is 1.00 e. The van der Waals surface area contributed by atoms with E-state index in [0.29, 0.717) is 6.71 Å². The molecule has 32 heavy (non-hydrogen) atoms. The molecule has 0 saturated carbocycles. The molecule has 0 bridgehead atoms. The summed E-state index contributed by atoms with van der Waals surface area (Å²) in [7, 11) is 0. The summed E-state index contributed by atoms with van der Waals surface area (Å²) in [5.41, 5.74) is 16.7. The molecule has 4 heteroatoms. The SMILES string of the molecule is [Li+].[c-]1ccccc1-n1[c-]nc2cc3c4c(c21)Cc1cccc2c1B4c1c(cccc1C3)C2. The number of hydrogen-bond acceptors (Lipinski definition) is 1. The van der Waals surface area contributed by atoms with E-state index in [-0.39, 0.29) is 18.9 Å². The number of aromatic nitrogens is 2. The number of fused-ring (bicyclic) bond motifs is 2. The van der Waals surface area contributed by atoms with Crippen LogP contribution < -0.4 is 35.2 Å². The van der Waals surface area contributed by atoms with Crippen LogP contribution in [0.1, 0.15) is 33.4 Å². The van der Waals surface area contributed by atoms with E-state index >= 15 is 0 Å². The Balaban J connectivity index is 0.00000180. The monoisotopic (exact) mass is 399 g/mol. The fraction of sp³-hybridized carbons (Fsp3) is 0.107. The minimum absolute atomic E-state index is 0. The van der Waals surface area contributed by atoms with Crippen LogP contribution in [0.3, 0.4) is 0 Å². The number of nitrogens with zero attached hydrogens (tertiary/aromatic N) is 2. The molecule has 5 aromatic rings. The van der Waals surface area contributed by atoms with Crippen molar-refractivity contribution in [2.45, 2.75) is 19.3 Å². The molecule has 0 spiro atoms. The van der Waals surface area contributed by atoms with Crippen molar-refractivity contribution in [1.29, 1.82) is 0 Å². The molecule has 0 atom stereocenters. The van der Waals surface area contributed by atoms with Gasteiger partial charge in [-0.25, -0.2) is 6.07 Å². The van der Waals surface area contributed by atoms with Gasteiger partial charge >= 0.3 is 18.9 Å². The molecular weight excluding hydrogens is 382 g/mol. The molecular formula is C28H17BLiN2-. The van der Waals surface area contributed by atoms with Gasteiger partial charge in [0.05, 0.1) is 0 Å². The Morgan fingerprint density at radius 1 is 0.750 bits per heavy atom. The second kappa shape index (κ2) is 6.51. The summed E-state index contributed by atoms with van der Waals surface area (Å²) in [4.78, 5) is 4.72. The first kappa shape index (κ1) is 18.6. The predicted molar refractivity (Wildman–Crippen MR) is 125 cm³/mol. The summed E-state index contributed by atoms with van der Waals surface area (Å²) in [6.07, 6.45) is 6.29. The molecule has 3 aliphatic rings. The van der Waals surface area contributed by atoms with E-state index in [1.165, 1.54) is 44.4 Å². The smallest absolute Gasteiger partial charge is 0.448 e. The molecule has 1 aromatic heterocycles. The number of rotatable bonds is 1. The summed E-state index contributed by atoms with van der Waals surface area (Å²) in [6, 6.07) is 27.6. The van der Waals surface area contributed by atoms with Gasteiger partial charge in [-0.1, -0.05) is 75.5 Å². The zero-order chi connectivity index (χ0) is 20.1. The molecule has 0 N–H and O–H groups in total. The van der Waals surface area contributed by atoms with Crippen LogP contribution in [0, 0.1) is 12.4 Å². The minimum atomic E-state index is 0. The van der Waals surface area contributed by atoms with Gasteiger partial charge in [-0.3, -0.25) is 0 Å². The Morgan fingerprint density at radius 2 is 1.44 bits per heavy atom. The molecule has 8 rings (SSSR count). The van der Waals surface area contributed by atoms with E-state index < -0.39 is 0 Å². The summed E-state index contributed by atoms with van der Waals surface area (Å²) >= 11 is 0. The van der Waals surface area contributed by atoms with Crippen LogP contribution >= 0.6 is 0 Å². The van der Waals surface area contributed by atoms with Gasteiger partial charge in [-0.05, 0) is 47.0 Å². The normalized spacial score (nSPS) is 14.2. The first-order valence-electron chi connectivity index (χ1n) is 11.0. The maximum atomic E-state index is 4.72. The zero-order valence-corrected chi connectivity index (χ0v) is 17.9. The second-order valence-electron chi connectivity index (χ2n) is 9.03. The third-order valence-corrected chi connectivity index (χ3v) is 7.51. The molecule has 0 unspecified atom stereocenters. The predicted octanol–water partition coefficient (Wildman–Crippen LogP) is -0.141. The quantitative estimate of drug-likeness (QED) is 0.278. The number of para-hydroxylation sites is 1. The average Bonchev–Trinajstić information content (AvgIpc) is 3.24. The summed E-state index contributed by atoms with van der Waals surface area (Å²) in [5.74, 6) is 0. The van der Waals surface area contributed by atoms with Crippen LogP contribution in [-0.2, 0) is 19.3 Å². The van der Waals surface area contributed by atoms with Crippen molar-refractivity contribution in [3.8, 4) is 5.69 Å². The van der Waals surface area contributed by atoms with Gasteiger partial charge in [0.1, 0.15) is 0 Å². The molecule has 4 aromatic carbocycles. The van der Waals surface area contributed by atoms with E-state index in [4.69, 9.17) is 4.98 Å². The van der Waals surface area contributed by atoms with Crippen LogP contribution in [0.15, 0.2) is 66.7 Å². The molecule has 0 radical (unpaired) electrons. The Labute approximate surface area is 199 Å². The fourth-order valence-electron chi connectivity index (χ4n) is 6.38. The summed E-state index contributed by atoms with van der Waals surface area (Å²) in [5, 5.41) is 0. The third kappa shape index (κ3) is 2.26. The van der Waals surface area contributed by atoms with Gasteiger partial charge in [0, 0.05) is 6.33 Å². The topological polar surface area (TPSA) is 17.8 Å².